The molecule has 0 aliphatic heterocycles. The van der Waals surface area contributed by atoms with Crippen LogP contribution in [0.1, 0.15) is 35.5 Å². The molecule has 0 N–H and O–H groups in total. The third kappa shape index (κ3) is 3.72. The van der Waals surface area contributed by atoms with E-state index in [1.807, 2.05) is 18.2 Å². The minimum absolute atomic E-state index is 0.149. The van der Waals surface area contributed by atoms with E-state index >= 15 is 0 Å². The van der Waals surface area contributed by atoms with Gasteiger partial charge in [0.2, 0.25) is 0 Å². The van der Waals surface area contributed by atoms with Crippen molar-refractivity contribution in [3.63, 3.8) is 0 Å². The number of rotatable bonds is 5. The molecule has 0 saturated carbocycles. The van der Waals surface area contributed by atoms with Gasteiger partial charge in [-0.3, -0.25) is 0 Å². The van der Waals surface area contributed by atoms with E-state index < -0.39 is 0 Å². The first-order valence-corrected chi connectivity index (χ1v) is 9.34. The van der Waals surface area contributed by atoms with Gasteiger partial charge in [0, 0.05) is 6.54 Å². The number of para-hydroxylation sites is 2. The van der Waals surface area contributed by atoms with Gasteiger partial charge in [-0.05, 0) is 56.2 Å². The van der Waals surface area contributed by atoms with E-state index in [1.54, 1.807) is 0 Å². The van der Waals surface area contributed by atoms with E-state index in [-0.39, 0.29) is 6.10 Å². The lowest BCUT2D eigenvalue weighted by atomic mass is 10.1. The summed E-state index contributed by atoms with van der Waals surface area (Å²) in [6.07, 6.45) is -0.149. The molecule has 0 saturated heterocycles. The fourth-order valence-electron chi connectivity index (χ4n) is 3.51. The molecule has 4 rings (SSSR count). The van der Waals surface area contributed by atoms with E-state index in [9.17, 15) is 0 Å². The molecule has 1 unspecified atom stereocenters. The molecular formula is C24H24N2O. The third-order valence-electron chi connectivity index (χ3n) is 4.77. The maximum Gasteiger partial charge on any atom is 0.153 e. The highest BCUT2D eigenvalue weighted by Crippen LogP contribution is 2.26. The van der Waals surface area contributed by atoms with Crippen LogP contribution in [0.4, 0.5) is 0 Å². The second kappa shape index (κ2) is 7.28. The Kier molecular flexibility index (Phi) is 4.68. The Morgan fingerprint density at radius 3 is 2.41 bits per heavy atom. The predicted molar refractivity (Wildman–Crippen MR) is 110 cm³/mol. The van der Waals surface area contributed by atoms with Crippen LogP contribution in [0.2, 0.25) is 0 Å². The molecule has 0 radical (unpaired) electrons. The first kappa shape index (κ1) is 17.3. The maximum absolute atomic E-state index is 6.23. The lowest BCUT2D eigenvalue weighted by molar-refractivity contribution is 0.212. The van der Waals surface area contributed by atoms with Crippen molar-refractivity contribution < 1.29 is 4.74 Å². The van der Waals surface area contributed by atoms with Crippen LogP contribution in [0.3, 0.4) is 0 Å². The van der Waals surface area contributed by atoms with Crippen molar-refractivity contribution in [3.05, 3.63) is 95.3 Å². The van der Waals surface area contributed by atoms with Crippen LogP contribution in [0.25, 0.3) is 11.0 Å². The van der Waals surface area contributed by atoms with Crippen molar-refractivity contribution in [3.8, 4) is 5.75 Å². The van der Waals surface area contributed by atoms with Crippen LogP contribution < -0.4 is 4.74 Å². The molecule has 0 fully saturated rings. The maximum atomic E-state index is 6.23. The summed E-state index contributed by atoms with van der Waals surface area (Å²) in [4.78, 5) is 4.89. The molecule has 0 spiro atoms. The van der Waals surface area contributed by atoms with E-state index in [2.05, 4.69) is 79.9 Å². The van der Waals surface area contributed by atoms with Crippen LogP contribution in [0, 0.1) is 13.8 Å². The summed E-state index contributed by atoms with van der Waals surface area (Å²) in [5.41, 5.74) is 5.85. The van der Waals surface area contributed by atoms with E-state index in [0.29, 0.717) is 0 Å². The van der Waals surface area contributed by atoms with Gasteiger partial charge in [-0.25, -0.2) is 4.98 Å². The SMILES string of the molecule is Cc1cccc(Cn2c(C(C)Oc3cccc(C)c3)nc3ccccc32)c1. The standard InChI is InChI=1S/C24H24N2O/c1-17-8-6-10-20(14-17)16-26-23-13-5-4-12-22(23)25-24(26)19(3)27-21-11-7-9-18(2)15-21/h4-15,19H,16H2,1-3H3. The van der Waals surface area contributed by atoms with Crippen LogP contribution in [0.15, 0.2) is 72.8 Å². The highest BCUT2D eigenvalue weighted by atomic mass is 16.5. The zero-order valence-electron chi connectivity index (χ0n) is 16.0. The Labute approximate surface area is 160 Å². The van der Waals surface area contributed by atoms with Crippen LogP contribution in [-0.4, -0.2) is 9.55 Å². The molecule has 1 heterocycles. The first-order chi connectivity index (χ1) is 13.1. The van der Waals surface area contributed by atoms with Gasteiger partial charge in [0.1, 0.15) is 5.75 Å². The summed E-state index contributed by atoms with van der Waals surface area (Å²) in [7, 11) is 0. The molecule has 4 aromatic rings. The minimum atomic E-state index is -0.149. The molecule has 3 heteroatoms. The third-order valence-corrected chi connectivity index (χ3v) is 4.77. The Balaban J connectivity index is 1.73. The molecule has 0 aliphatic rings. The molecule has 136 valence electrons. The monoisotopic (exact) mass is 356 g/mol. The molecule has 0 amide bonds. The van der Waals surface area contributed by atoms with Crippen LogP contribution >= 0.6 is 0 Å². The van der Waals surface area contributed by atoms with Gasteiger partial charge in [-0.2, -0.15) is 0 Å². The van der Waals surface area contributed by atoms with E-state index in [1.165, 1.54) is 16.7 Å². The largest absolute Gasteiger partial charge is 0.483 e. The zero-order valence-corrected chi connectivity index (χ0v) is 16.0. The Morgan fingerprint density at radius 1 is 0.889 bits per heavy atom. The zero-order chi connectivity index (χ0) is 18.8. The van der Waals surface area contributed by atoms with E-state index in [0.717, 1.165) is 29.2 Å². The van der Waals surface area contributed by atoms with E-state index in [4.69, 9.17) is 9.72 Å². The van der Waals surface area contributed by atoms with Gasteiger partial charge in [-0.15, -0.1) is 0 Å². The summed E-state index contributed by atoms with van der Waals surface area (Å²) in [5, 5.41) is 0. The molecule has 3 aromatic carbocycles. The van der Waals surface area contributed by atoms with Crippen LogP contribution in [-0.2, 0) is 6.54 Å². The Hall–Kier alpha value is -3.07. The molecule has 0 bridgehead atoms. The number of hydrogen-bond acceptors (Lipinski definition) is 2. The lowest BCUT2D eigenvalue weighted by Gasteiger charge is -2.17. The molecule has 1 atom stereocenters. The first-order valence-electron chi connectivity index (χ1n) is 9.34. The molecule has 0 aliphatic carbocycles. The Bertz CT molecular complexity index is 1080. The fraction of sp³-hybridized carbons (Fsp3) is 0.208. The number of imidazole rings is 1. The second-order valence-electron chi connectivity index (χ2n) is 7.11. The summed E-state index contributed by atoms with van der Waals surface area (Å²) in [5.74, 6) is 1.82. The van der Waals surface area contributed by atoms with Crippen molar-refractivity contribution in [2.75, 3.05) is 0 Å². The van der Waals surface area contributed by atoms with Gasteiger partial charge in [0.05, 0.1) is 11.0 Å². The number of aryl methyl sites for hydroxylation is 2. The summed E-state index contributed by atoms with van der Waals surface area (Å²) in [6, 6.07) is 25.1. The summed E-state index contributed by atoms with van der Waals surface area (Å²) < 4.78 is 8.50. The highest BCUT2D eigenvalue weighted by Gasteiger charge is 2.18. The Morgan fingerprint density at radius 2 is 1.63 bits per heavy atom. The van der Waals surface area contributed by atoms with Gasteiger partial charge >= 0.3 is 0 Å². The van der Waals surface area contributed by atoms with Crippen LogP contribution in [0.5, 0.6) is 5.75 Å². The summed E-state index contributed by atoms with van der Waals surface area (Å²) in [6.45, 7) is 7.04. The normalized spacial score (nSPS) is 12.3. The quantitative estimate of drug-likeness (QED) is 0.449. The van der Waals surface area contributed by atoms with Crippen molar-refractivity contribution in [1.82, 2.24) is 9.55 Å². The second-order valence-corrected chi connectivity index (χ2v) is 7.11. The van der Waals surface area contributed by atoms with Gasteiger partial charge in [0.15, 0.2) is 11.9 Å². The molecular weight excluding hydrogens is 332 g/mol. The molecule has 3 nitrogen and oxygen atoms in total. The minimum Gasteiger partial charge on any atom is -0.483 e. The van der Waals surface area contributed by atoms with Gasteiger partial charge < -0.3 is 9.30 Å². The van der Waals surface area contributed by atoms with Gasteiger partial charge in [-0.1, -0.05) is 54.1 Å². The van der Waals surface area contributed by atoms with Crippen molar-refractivity contribution >= 4 is 11.0 Å². The smallest absolute Gasteiger partial charge is 0.153 e. The number of benzene rings is 3. The number of ether oxygens (including phenoxy) is 1. The number of hydrogen-bond donors (Lipinski definition) is 0. The fourth-order valence-corrected chi connectivity index (χ4v) is 3.51. The van der Waals surface area contributed by atoms with Crippen molar-refractivity contribution in [1.29, 1.82) is 0 Å². The van der Waals surface area contributed by atoms with Gasteiger partial charge in [0.25, 0.3) is 0 Å². The number of nitrogens with zero attached hydrogens (tertiary/aromatic N) is 2. The summed E-state index contributed by atoms with van der Waals surface area (Å²) >= 11 is 0. The molecule has 1 aromatic heterocycles. The number of fused-ring (bicyclic) bond motifs is 1. The average molecular weight is 356 g/mol. The molecule has 27 heavy (non-hydrogen) atoms. The number of aromatic nitrogens is 2. The topological polar surface area (TPSA) is 27.1 Å². The van der Waals surface area contributed by atoms with Crippen molar-refractivity contribution in [2.45, 2.75) is 33.4 Å². The lowest BCUT2D eigenvalue weighted by Crippen LogP contribution is -2.13. The predicted octanol–water partition coefficient (Wildman–Crippen LogP) is 5.84. The highest BCUT2D eigenvalue weighted by molar-refractivity contribution is 5.76. The van der Waals surface area contributed by atoms with Crippen molar-refractivity contribution in [2.24, 2.45) is 0 Å². The average Bonchev–Trinajstić information content (AvgIpc) is 3.01.